The number of rotatable bonds is 4. The van der Waals surface area contributed by atoms with Crippen molar-refractivity contribution in [3.8, 4) is 6.07 Å². The molecule has 1 aliphatic heterocycles. The quantitative estimate of drug-likeness (QED) is 0.656. The van der Waals surface area contributed by atoms with Crippen molar-refractivity contribution in [2.45, 2.75) is 19.8 Å². The van der Waals surface area contributed by atoms with Gasteiger partial charge in [-0.25, -0.2) is 0 Å². The normalized spacial score (nSPS) is 20.9. The number of hydrogen-bond acceptors (Lipinski definition) is 3. The van der Waals surface area contributed by atoms with E-state index in [-0.39, 0.29) is 5.92 Å². The van der Waals surface area contributed by atoms with Crippen LogP contribution in [0.3, 0.4) is 0 Å². The second kappa shape index (κ2) is 5.95. The summed E-state index contributed by atoms with van der Waals surface area (Å²) < 4.78 is 5.25. The Balaban J connectivity index is 2.24. The maximum atomic E-state index is 8.88. The molecule has 0 spiro atoms. The molecule has 0 aromatic carbocycles. The summed E-state index contributed by atoms with van der Waals surface area (Å²) in [6, 6.07) is 2.37. The van der Waals surface area contributed by atoms with E-state index in [1.165, 1.54) is 0 Å². The zero-order chi connectivity index (χ0) is 9.52. The van der Waals surface area contributed by atoms with Gasteiger partial charge in [0.2, 0.25) is 0 Å². The SMILES string of the molecule is CCCC(C#N)CN1CCOCC1. The van der Waals surface area contributed by atoms with Gasteiger partial charge in [-0.2, -0.15) is 5.26 Å². The van der Waals surface area contributed by atoms with E-state index in [1.807, 2.05) is 0 Å². The van der Waals surface area contributed by atoms with E-state index >= 15 is 0 Å². The molecule has 1 saturated heterocycles. The van der Waals surface area contributed by atoms with Crippen molar-refractivity contribution >= 4 is 0 Å². The molecule has 0 radical (unpaired) electrons. The molecule has 0 aromatic heterocycles. The van der Waals surface area contributed by atoms with Gasteiger partial charge in [0.15, 0.2) is 0 Å². The van der Waals surface area contributed by atoms with Crippen LogP contribution in [0, 0.1) is 17.2 Å². The van der Waals surface area contributed by atoms with E-state index in [0.717, 1.165) is 45.7 Å². The lowest BCUT2D eigenvalue weighted by Gasteiger charge is -2.28. The molecule has 0 bridgehead atoms. The van der Waals surface area contributed by atoms with Crippen molar-refractivity contribution in [3.63, 3.8) is 0 Å². The smallest absolute Gasteiger partial charge is 0.0669 e. The van der Waals surface area contributed by atoms with Gasteiger partial charge in [-0.15, -0.1) is 0 Å². The van der Waals surface area contributed by atoms with Crippen molar-refractivity contribution in [1.29, 1.82) is 5.26 Å². The molecule has 1 aliphatic rings. The largest absolute Gasteiger partial charge is 0.379 e. The molecule has 3 heteroatoms. The van der Waals surface area contributed by atoms with E-state index < -0.39 is 0 Å². The van der Waals surface area contributed by atoms with Gasteiger partial charge in [0.25, 0.3) is 0 Å². The summed E-state index contributed by atoms with van der Waals surface area (Å²) in [4.78, 5) is 2.33. The summed E-state index contributed by atoms with van der Waals surface area (Å²) in [6.07, 6.45) is 2.12. The van der Waals surface area contributed by atoms with Crippen LogP contribution in [-0.2, 0) is 4.74 Å². The zero-order valence-corrected chi connectivity index (χ0v) is 8.33. The van der Waals surface area contributed by atoms with Crippen LogP contribution in [0.4, 0.5) is 0 Å². The minimum atomic E-state index is 0.211. The highest BCUT2D eigenvalue weighted by molar-refractivity contribution is 4.85. The number of morpholine rings is 1. The van der Waals surface area contributed by atoms with Crippen LogP contribution < -0.4 is 0 Å². The maximum absolute atomic E-state index is 8.88. The summed E-state index contributed by atoms with van der Waals surface area (Å²) in [6.45, 7) is 6.68. The molecule has 1 atom stereocenters. The van der Waals surface area contributed by atoms with Crippen LogP contribution in [0.1, 0.15) is 19.8 Å². The van der Waals surface area contributed by atoms with Gasteiger partial charge in [-0.3, -0.25) is 4.90 Å². The highest BCUT2D eigenvalue weighted by Crippen LogP contribution is 2.08. The molecule has 0 amide bonds. The van der Waals surface area contributed by atoms with Crippen molar-refractivity contribution in [2.75, 3.05) is 32.8 Å². The maximum Gasteiger partial charge on any atom is 0.0669 e. The topological polar surface area (TPSA) is 36.3 Å². The summed E-state index contributed by atoms with van der Waals surface area (Å²) in [5.74, 6) is 0.211. The lowest BCUT2D eigenvalue weighted by Crippen LogP contribution is -2.39. The molecule has 3 nitrogen and oxygen atoms in total. The molecule has 74 valence electrons. The Morgan fingerprint density at radius 3 is 2.69 bits per heavy atom. The third-order valence-corrected chi connectivity index (χ3v) is 2.40. The highest BCUT2D eigenvalue weighted by atomic mass is 16.5. The molecular weight excluding hydrogens is 164 g/mol. The number of ether oxygens (including phenoxy) is 1. The van der Waals surface area contributed by atoms with E-state index in [4.69, 9.17) is 10.00 Å². The molecule has 1 fully saturated rings. The van der Waals surface area contributed by atoms with Crippen molar-refractivity contribution in [1.82, 2.24) is 4.90 Å². The molecule has 0 aromatic rings. The monoisotopic (exact) mass is 182 g/mol. The van der Waals surface area contributed by atoms with Gasteiger partial charge < -0.3 is 4.74 Å². The molecule has 1 rings (SSSR count). The average Bonchev–Trinajstić information content (AvgIpc) is 2.19. The molecule has 0 N–H and O–H groups in total. The second-order valence-corrected chi connectivity index (χ2v) is 3.53. The van der Waals surface area contributed by atoms with Crippen LogP contribution in [0.2, 0.25) is 0 Å². The summed E-state index contributed by atoms with van der Waals surface area (Å²) in [5, 5.41) is 8.88. The van der Waals surface area contributed by atoms with Gasteiger partial charge in [-0.05, 0) is 6.42 Å². The van der Waals surface area contributed by atoms with E-state index in [0.29, 0.717) is 0 Å². The molecule has 0 saturated carbocycles. The Morgan fingerprint density at radius 1 is 1.46 bits per heavy atom. The van der Waals surface area contributed by atoms with E-state index in [9.17, 15) is 0 Å². The van der Waals surface area contributed by atoms with E-state index in [1.54, 1.807) is 0 Å². The average molecular weight is 182 g/mol. The lowest BCUT2D eigenvalue weighted by molar-refractivity contribution is 0.0333. The Labute approximate surface area is 80.3 Å². The van der Waals surface area contributed by atoms with Gasteiger partial charge in [0, 0.05) is 19.6 Å². The Hall–Kier alpha value is -0.590. The Morgan fingerprint density at radius 2 is 2.15 bits per heavy atom. The number of hydrogen-bond donors (Lipinski definition) is 0. The summed E-state index contributed by atoms with van der Waals surface area (Å²) >= 11 is 0. The highest BCUT2D eigenvalue weighted by Gasteiger charge is 2.15. The number of nitrogens with zero attached hydrogens (tertiary/aromatic N) is 2. The molecular formula is C10H18N2O. The first kappa shape index (κ1) is 10.5. The molecule has 1 unspecified atom stereocenters. The Bertz CT molecular complexity index is 170. The van der Waals surface area contributed by atoms with Gasteiger partial charge >= 0.3 is 0 Å². The third kappa shape index (κ3) is 3.75. The first-order valence-electron chi connectivity index (χ1n) is 5.06. The van der Waals surface area contributed by atoms with Crippen molar-refractivity contribution in [3.05, 3.63) is 0 Å². The zero-order valence-electron chi connectivity index (χ0n) is 8.33. The minimum Gasteiger partial charge on any atom is -0.379 e. The Kier molecular flexibility index (Phi) is 4.81. The number of nitriles is 1. The molecule has 1 heterocycles. The van der Waals surface area contributed by atoms with Gasteiger partial charge in [-0.1, -0.05) is 13.3 Å². The van der Waals surface area contributed by atoms with Crippen LogP contribution >= 0.6 is 0 Å². The van der Waals surface area contributed by atoms with Crippen molar-refractivity contribution in [2.24, 2.45) is 5.92 Å². The third-order valence-electron chi connectivity index (χ3n) is 2.40. The molecule has 13 heavy (non-hydrogen) atoms. The van der Waals surface area contributed by atoms with Crippen LogP contribution in [0.5, 0.6) is 0 Å². The summed E-state index contributed by atoms with van der Waals surface area (Å²) in [5.41, 5.74) is 0. The van der Waals surface area contributed by atoms with E-state index in [2.05, 4.69) is 17.9 Å². The molecule has 0 aliphatic carbocycles. The van der Waals surface area contributed by atoms with Crippen LogP contribution in [-0.4, -0.2) is 37.7 Å². The fourth-order valence-electron chi connectivity index (χ4n) is 1.64. The van der Waals surface area contributed by atoms with Gasteiger partial charge in [0.1, 0.15) is 0 Å². The standard InChI is InChI=1S/C10H18N2O/c1-2-3-10(8-11)9-12-4-6-13-7-5-12/h10H,2-7,9H2,1H3. The predicted molar refractivity (Wildman–Crippen MR) is 51.3 cm³/mol. The summed E-state index contributed by atoms with van der Waals surface area (Å²) in [7, 11) is 0. The lowest BCUT2D eigenvalue weighted by atomic mass is 10.1. The second-order valence-electron chi connectivity index (χ2n) is 3.53. The van der Waals surface area contributed by atoms with Gasteiger partial charge in [0.05, 0.1) is 25.2 Å². The van der Waals surface area contributed by atoms with Crippen LogP contribution in [0.25, 0.3) is 0 Å². The van der Waals surface area contributed by atoms with Crippen LogP contribution in [0.15, 0.2) is 0 Å². The first-order chi connectivity index (χ1) is 6.36. The minimum absolute atomic E-state index is 0.211. The fraction of sp³-hybridized carbons (Fsp3) is 0.900. The first-order valence-corrected chi connectivity index (χ1v) is 5.06. The van der Waals surface area contributed by atoms with Crippen molar-refractivity contribution < 1.29 is 4.74 Å². The fourth-order valence-corrected chi connectivity index (χ4v) is 1.64. The predicted octanol–water partition coefficient (Wildman–Crippen LogP) is 1.26.